The van der Waals surface area contributed by atoms with Crippen LogP contribution >= 0.6 is 39.1 Å². The minimum Gasteiger partial charge on any atom is -0.483 e. The van der Waals surface area contributed by atoms with E-state index in [0.717, 1.165) is 10.9 Å². The fourth-order valence-electron chi connectivity index (χ4n) is 3.52. The average molecular weight is 602 g/mol. The van der Waals surface area contributed by atoms with Crippen molar-refractivity contribution in [2.45, 2.75) is 26.2 Å². The van der Waals surface area contributed by atoms with Crippen molar-refractivity contribution in [1.29, 1.82) is 0 Å². The molecule has 0 radical (unpaired) electrons. The standard InChI is InChI=1S/C27H23BrCl2N4O3/c1-3-16(2)26-33-23-10-4-18(28)13-22(23)27(36)34(26)31-14-17-12-20(30)7-11-24(17)37-15-25(35)32-21-8-5-19(29)6-9-21/h4-14,16H,3,15H2,1-2H3,(H,32,35)/t16-/m0/s1. The van der Waals surface area contributed by atoms with E-state index in [1.54, 1.807) is 54.6 Å². The number of halogens is 3. The van der Waals surface area contributed by atoms with Crippen LogP contribution in [0, 0.1) is 0 Å². The Labute approximate surface area is 232 Å². The van der Waals surface area contributed by atoms with Crippen molar-refractivity contribution >= 4 is 67.8 Å². The lowest BCUT2D eigenvalue weighted by molar-refractivity contribution is -0.118. The number of nitrogens with one attached hydrogen (secondary N) is 1. The van der Waals surface area contributed by atoms with Crippen LogP contribution in [0.1, 0.15) is 37.6 Å². The summed E-state index contributed by atoms with van der Waals surface area (Å²) in [5.74, 6) is 0.573. The number of aromatic nitrogens is 2. The molecule has 1 amide bonds. The zero-order valence-corrected chi connectivity index (χ0v) is 23.1. The molecule has 0 saturated carbocycles. The average Bonchev–Trinajstić information content (AvgIpc) is 2.88. The molecule has 1 atom stereocenters. The molecule has 1 N–H and O–H groups in total. The fraction of sp³-hybridized carbons (Fsp3) is 0.185. The molecule has 0 fully saturated rings. The van der Waals surface area contributed by atoms with E-state index in [-0.39, 0.29) is 24.0 Å². The molecule has 0 saturated heterocycles. The van der Waals surface area contributed by atoms with Crippen LogP contribution in [0.3, 0.4) is 0 Å². The third kappa shape index (κ3) is 6.57. The number of fused-ring (bicyclic) bond motifs is 1. The van der Waals surface area contributed by atoms with Gasteiger partial charge in [0.05, 0.1) is 17.1 Å². The van der Waals surface area contributed by atoms with Gasteiger partial charge in [-0.2, -0.15) is 9.78 Å². The third-order valence-corrected chi connectivity index (χ3v) is 6.64. The van der Waals surface area contributed by atoms with Gasteiger partial charge in [0.2, 0.25) is 0 Å². The lowest BCUT2D eigenvalue weighted by Gasteiger charge is -2.14. The summed E-state index contributed by atoms with van der Waals surface area (Å²) in [5.41, 5.74) is 1.42. The van der Waals surface area contributed by atoms with E-state index >= 15 is 0 Å². The molecule has 10 heteroatoms. The van der Waals surface area contributed by atoms with Gasteiger partial charge in [-0.25, -0.2) is 4.98 Å². The molecule has 4 rings (SSSR count). The van der Waals surface area contributed by atoms with Gasteiger partial charge < -0.3 is 10.1 Å². The molecular formula is C27H23BrCl2N4O3. The Kier molecular flexibility index (Phi) is 8.63. The van der Waals surface area contributed by atoms with E-state index in [1.165, 1.54) is 10.9 Å². The molecule has 0 aliphatic carbocycles. The van der Waals surface area contributed by atoms with E-state index in [9.17, 15) is 9.59 Å². The van der Waals surface area contributed by atoms with Crippen LogP contribution in [-0.2, 0) is 4.79 Å². The maximum atomic E-state index is 13.4. The smallest absolute Gasteiger partial charge is 0.282 e. The summed E-state index contributed by atoms with van der Waals surface area (Å²) in [7, 11) is 0. The highest BCUT2D eigenvalue weighted by atomic mass is 79.9. The minimum absolute atomic E-state index is 0.00968. The van der Waals surface area contributed by atoms with E-state index in [4.69, 9.17) is 32.9 Å². The summed E-state index contributed by atoms with van der Waals surface area (Å²) in [5, 5.41) is 8.69. The van der Waals surface area contributed by atoms with Crippen LogP contribution < -0.4 is 15.6 Å². The van der Waals surface area contributed by atoms with Crippen LogP contribution in [0.15, 0.2) is 75.0 Å². The van der Waals surface area contributed by atoms with Crippen LogP contribution in [0.25, 0.3) is 10.9 Å². The van der Waals surface area contributed by atoms with Crippen molar-refractivity contribution in [2.24, 2.45) is 5.10 Å². The van der Waals surface area contributed by atoms with Gasteiger partial charge in [0.15, 0.2) is 6.61 Å². The van der Waals surface area contributed by atoms with Crippen molar-refractivity contribution in [3.05, 3.63) is 96.9 Å². The Morgan fingerprint density at radius 1 is 1.14 bits per heavy atom. The molecule has 3 aromatic carbocycles. The van der Waals surface area contributed by atoms with Crippen LogP contribution in [-0.4, -0.2) is 28.4 Å². The van der Waals surface area contributed by atoms with Crippen LogP contribution in [0.2, 0.25) is 10.0 Å². The third-order valence-electron chi connectivity index (χ3n) is 5.66. The monoisotopic (exact) mass is 600 g/mol. The van der Waals surface area contributed by atoms with Gasteiger partial charge in [0, 0.05) is 31.7 Å². The number of anilines is 1. The summed E-state index contributed by atoms with van der Waals surface area (Å²) in [4.78, 5) is 30.5. The van der Waals surface area contributed by atoms with E-state index in [0.29, 0.717) is 43.8 Å². The van der Waals surface area contributed by atoms with E-state index in [2.05, 4.69) is 26.3 Å². The fourth-order valence-corrected chi connectivity index (χ4v) is 4.19. The normalized spacial score (nSPS) is 12.1. The highest BCUT2D eigenvalue weighted by Crippen LogP contribution is 2.23. The maximum Gasteiger partial charge on any atom is 0.282 e. The first-order chi connectivity index (χ1) is 17.7. The van der Waals surface area contributed by atoms with E-state index in [1.807, 2.05) is 19.9 Å². The van der Waals surface area contributed by atoms with Crippen molar-refractivity contribution < 1.29 is 9.53 Å². The Hall–Kier alpha value is -3.20. The molecule has 0 bridgehead atoms. The summed E-state index contributed by atoms with van der Waals surface area (Å²) in [6.45, 7) is 3.77. The molecule has 0 aliphatic heterocycles. The second kappa shape index (κ2) is 11.9. The Bertz CT molecular complexity index is 1540. The zero-order chi connectivity index (χ0) is 26.5. The Morgan fingerprint density at radius 3 is 2.59 bits per heavy atom. The topological polar surface area (TPSA) is 85.6 Å². The van der Waals surface area contributed by atoms with Crippen LogP contribution in [0.4, 0.5) is 5.69 Å². The van der Waals surface area contributed by atoms with E-state index < -0.39 is 0 Å². The number of ether oxygens (including phenoxy) is 1. The largest absolute Gasteiger partial charge is 0.483 e. The van der Waals surface area contributed by atoms with Gasteiger partial charge in [0.1, 0.15) is 11.6 Å². The number of hydrogen-bond donors (Lipinski definition) is 1. The van der Waals surface area contributed by atoms with Gasteiger partial charge in [-0.1, -0.05) is 53.0 Å². The first-order valence-corrected chi connectivity index (χ1v) is 13.0. The van der Waals surface area contributed by atoms with Crippen molar-refractivity contribution in [3.63, 3.8) is 0 Å². The first-order valence-electron chi connectivity index (χ1n) is 11.5. The molecular weight excluding hydrogens is 579 g/mol. The molecule has 1 aromatic heterocycles. The van der Waals surface area contributed by atoms with Gasteiger partial charge in [-0.15, -0.1) is 0 Å². The van der Waals surface area contributed by atoms with Gasteiger partial charge in [-0.05, 0) is 67.1 Å². The predicted molar refractivity (Wildman–Crippen MR) is 152 cm³/mol. The quantitative estimate of drug-likeness (QED) is 0.223. The highest BCUT2D eigenvalue weighted by Gasteiger charge is 2.16. The number of benzene rings is 3. The second-order valence-electron chi connectivity index (χ2n) is 8.33. The minimum atomic E-state index is -0.347. The van der Waals surface area contributed by atoms with Crippen molar-refractivity contribution in [1.82, 2.24) is 9.66 Å². The number of rotatable bonds is 8. The molecule has 0 aliphatic rings. The van der Waals surface area contributed by atoms with Crippen molar-refractivity contribution in [3.8, 4) is 5.75 Å². The van der Waals surface area contributed by atoms with Gasteiger partial charge in [0.25, 0.3) is 11.5 Å². The summed E-state index contributed by atoms with van der Waals surface area (Å²) < 4.78 is 7.83. The van der Waals surface area contributed by atoms with Gasteiger partial charge in [-0.3, -0.25) is 9.59 Å². The number of nitrogens with zero attached hydrogens (tertiary/aromatic N) is 3. The SMILES string of the molecule is CC[C@H](C)c1nc2ccc(Br)cc2c(=O)n1N=Cc1cc(Cl)ccc1OCC(=O)Nc1ccc(Cl)cc1. The summed E-state index contributed by atoms with van der Waals surface area (Å²) >= 11 is 15.5. The summed E-state index contributed by atoms with van der Waals surface area (Å²) in [6, 6.07) is 17.1. The Balaban J connectivity index is 1.63. The molecule has 0 spiro atoms. The maximum absolute atomic E-state index is 13.4. The lowest BCUT2D eigenvalue weighted by Crippen LogP contribution is -2.24. The number of carbonyl (C=O) groups excluding carboxylic acids is 1. The molecule has 0 unspecified atom stereocenters. The molecule has 1 heterocycles. The molecule has 4 aromatic rings. The highest BCUT2D eigenvalue weighted by molar-refractivity contribution is 9.10. The van der Waals surface area contributed by atoms with Gasteiger partial charge >= 0.3 is 0 Å². The number of hydrogen-bond acceptors (Lipinski definition) is 5. The number of carbonyl (C=O) groups is 1. The molecule has 190 valence electrons. The first kappa shape index (κ1) is 26.9. The second-order valence-corrected chi connectivity index (χ2v) is 10.1. The molecule has 7 nitrogen and oxygen atoms in total. The summed E-state index contributed by atoms with van der Waals surface area (Å²) in [6.07, 6.45) is 2.26. The predicted octanol–water partition coefficient (Wildman–Crippen LogP) is 6.88. The zero-order valence-electron chi connectivity index (χ0n) is 20.0. The number of amides is 1. The molecule has 37 heavy (non-hydrogen) atoms. The van der Waals surface area contributed by atoms with Crippen LogP contribution in [0.5, 0.6) is 5.75 Å². The Morgan fingerprint density at radius 2 is 1.86 bits per heavy atom. The van der Waals surface area contributed by atoms with Crippen molar-refractivity contribution in [2.75, 3.05) is 11.9 Å². The lowest BCUT2D eigenvalue weighted by atomic mass is 10.1.